The van der Waals surface area contributed by atoms with Crippen molar-refractivity contribution in [3.05, 3.63) is 57.4 Å². The molecule has 43 heavy (non-hydrogen) atoms. The van der Waals surface area contributed by atoms with E-state index in [4.69, 9.17) is 4.98 Å². The van der Waals surface area contributed by atoms with E-state index in [0.29, 0.717) is 43.1 Å². The topological polar surface area (TPSA) is 128 Å². The van der Waals surface area contributed by atoms with E-state index >= 15 is 0 Å². The van der Waals surface area contributed by atoms with Crippen molar-refractivity contribution in [3.8, 4) is 17.1 Å². The van der Waals surface area contributed by atoms with Crippen molar-refractivity contribution < 1.29 is 13.2 Å². The first kappa shape index (κ1) is 31.2. The van der Waals surface area contributed by atoms with Crippen LogP contribution in [0.4, 0.5) is 5.69 Å². The van der Waals surface area contributed by atoms with Gasteiger partial charge in [-0.05, 0) is 87.9 Å². The minimum atomic E-state index is -3.23. The van der Waals surface area contributed by atoms with Gasteiger partial charge in [-0.15, -0.1) is 0 Å². The van der Waals surface area contributed by atoms with Crippen LogP contribution >= 0.6 is 15.9 Å². The Morgan fingerprint density at radius 3 is 2.70 bits per heavy atom. The van der Waals surface area contributed by atoms with Crippen molar-refractivity contribution >= 4 is 48.7 Å². The fourth-order valence-corrected chi connectivity index (χ4v) is 7.12. The highest BCUT2D eigenvalue weighted by atomic mass is 79.9. The molecule has 0 unspecified atom stereocenters. The Balaban J connectivity index is 1.45. The Hall–Kier alpha value is -3.26. The molecule has 1 fully saturated rings. The first-order chi connectivity index (χ1) is 20.4. The standard InChI is InChI=1S/C30H39BrN8O3S/c1-7-43(41,42)38-12-10-22(17-38)34-26-24(31)16-33-29-27(26)35-28(36-29)23-14-19(3)39(20(23)4)25-15-21(9-8-18(25)2)30(40)32-11-13-37(5)6/h8-9,14-16,22H,7,10-13,17H2,1-6H3,(H,32,40)(H2,33,34,35,36)/t22-/m0/s1. The van der Waals surface area contributed by atoms with Crippen LogP contribution in [0.15, 0.2) is 34.9 Å². The molecule has 0 saturated carbocycles. The zero-order valence-electron chi connectivity index (χ0n) is 25.5. The smallest absolute Gasteiger partial charge is 0.251 e. The average molecular weight is 672 g/mol. The van der Waals surface area contributed by atoms with E-state index in [1.165, 1.54) is 0 Å². The summed E-state index contributed by atoms with van der Waals surface area (Å²) in [5.41, 5.74) is 7.64. The van der Waals surface area contributed by atoms with Crippen molar-refractivity contribution in [3.63, 3.8) is 0 Å². The summed E-state index contributed by atoms with van der Waals surface area (Å²) < 4.78 is 29.2. The summed E-state index contributed by atoms with van der Waals surface area (Å²) in [5, 5.41) is 6.53. The second-order valence-electron chi connectivity index (χ2n) is 11.3. The second-order valence-corrected chi connectivity index (χ2v) is 14.4. The van der Waals surface area contributed by atoms with Crippen LogP contribution in [0, 0.1) is 20.8 Å². The minimum absolute atomic E-state index is 0.0321. The van der Waals surface area contributed by atoms with E-state index < -0.39 is 10.0 Å². The molecule has 1 saturated heterocycles. The molecule has 0 spiro atoms. The summed E-state index contributed by atoms with van der Waals surface area (Å²) in [6, 6.07) is 7.83. The number of aryl methyl sites for hydroxylation is 2. The lowest BCUT2D eigenvalue weighted by Crippen LogP contribution is -2.32. The number of aromatic nitrogens is 4. The van der Waals surface area contributed by atoms with Crippen LogP contribution in [0.5, 0.6) is 0 Å². The van der Waals surface area contributed by atoms with Gasteiger partial charge in [0.05, 0.1) is 15.9 Å². The monoisotopic (exact) mass is 670 g/mol. The minimum Gasteiger partial charge on any atom is -0.378 e. The molecule has 4 heterocycles. The maximum Gasteiger partial charge on any atom is 0.251 e. The number of anilines is 1. The number of nitrogens with one attached hydrogen (secondary N) is 3. The van der Waals surface area contributed by atoms with Gasteiger partial charge in [-0.3, -0.25) is 4.79 Å². The molecule has 1 aromatic carbocycles. The molecular formula is C30H39BrN8O3S. The molecular weight excluding hydrogens is 632 g/mol. The van der Waals surface area contributed by atoms with Gasteiger partial charge in [-0.1, -0.05) is 6.07 Å². The molecule has 0 bridgehead atoms. The summed E-state index contributed by atoms with van der Waals surface area (Å²) in [6.07, 6.45) is 2.43. The normalized spacial score (nSPS) is 16.0. The Morgan fingerprint density at radius 2 is 1.98 bits per heavy atom. The molecule has 13 heteroatoms. The predicted molar refractivity (Wildman–Crippen MR) is 175 cm³/mol. The van der Waals surface area contributed by atoms with E-state index in [2.05, 4.69) is 47.2 Å². The molecule has 5 rings (SSSR count). The molecule has 0 aliphatic carbocycles. The Labute approximate surface area is 261 Å². The fourth-order valence-electron chi connectivity index (χ4n) is 5.55. The van der Waals surface area contributed by atoms with Crippen molar-refractivity contribution in [1.29, 1.82) is 0 Å². The number of benzene rings is 1. The molecule has 3 N–H and O–H groups in total. The number of imidazole rings is 1. The van der Waals surface area contributed by atoms with Crippen molar-refractivity contribution in [1.82, 2.24) is 34.0 Å². The van der Waals surface area contributed by atoms with Gasteiger partial charge in [0.25, 0.3) is 5.91 Å². The predicted octanol–water partition coefficient (Wildman–Crippen LogP) is 4.23. The summed E-state index contributed by atoms with van der Waals surface area (Å²) in [4.78, 5) is 27.8. The second kappa shape index (κ2) is 12.4. The van der Waals surface area contributed by atoms with Crippen LogP contribution < -0.4 is 10.6 Å². The number of amides is 1. The molecule has 11 nitrogen and oxygen atoms in total. The molecule has 1 aliphatic heterocycles. The van der Waals surface area contributed by atoms with Gasteiger partial charge >= 0.3 is 0 Å². The molecule has 230 valence electrons. The summed E-state index contributed by atoms with van der Waals surface area (Å²) >= 11 is 3.62. The Morgan fingerprint density at radius 1 is 1.21 bits per heavy atom. The SMILES string of the molecule is CCS(=O)(=O)N1CC[C@H](Nc2c(Br)cnc3nc(-c4cc(C)n(-c5cc(C(=O)NCCN(C)C)ccc5C)c4C)[nH]c23)C1. The van der Waals surface area contributed by atoms with Crippen LogP contribution in [-0.4, -0.2) is 95.1 Å². The lowest BCUT2D eigenvalue weighted by molar-refractivity contribution is 0.0951. The van der Waals surface area contributed by atoms with Gasteiger partial charge in [-0.2, -0.15) is 4.31 Å². The van der Waals surface area contributed by atoms with E-state index in [0.717, 1.165) is 50.4 Å². The van der Waals surface area contributed by atoms with Gasteiger partial charge in [-0.25, -0.2) is 18.4 Å². The quantitative estimate of drug-likeness (QED) is 0.230. The number of nitrogens with zero attached hydrogens (tertiary/aromatic N) is 5. The first-order valence-electron chi connectivity index (χ1n) is 14.4. The maximum absolute atomic E-state index is 12.9. The van der Waals surface area contributed by atoms with Crippen molar-refractivity contribution in [2.45, 2.75) is 40.2 Å². The van der Waals surface area contributed by atoms with Crippen molar-refractivity contribution in [2.24, 2.45) is 0 Å². The van der Waals surface area contributed by atoms with Crippen molar-refractivity contribution in [2.75, 3.05) is 51.3 Å². The third kappa shape index (κ3) is 6.35. The lowest BCUT2D eigenvalue weighted by Gasteiger charge is -2.17. The number of sulfonamides is 1. The van der Waals surface area contributed by atoms with Gasteiger partial charge in [0.1, 0.15) is 11.3 Å². The number of likely N-dealkylation sites (N-methyl/N-ethyl adjacent to an activating group) is 1. The average Bonchev–Trinajstić information content (AvgIpc) is 3.68. The van der Waals surface area contributed by atoms with Crippen LogP contribution in [0.2, 0.25) is 0 Å². The van der Waals surface area contributed by atoms with Gasteiger partial charge in [0.2, 0.25) is 10.0 Å². The Kier molecular flexibility index (Phi) is 8.98. The number of carbonyl (C=O) groups excluding carboxylic acids is 1. The molecule has 0 radical (unpaired) electrons. The Bertz CT molecular complexity index is 1780. The van der Waals surface area contributed by atoms with Gasteiger partial charge in [0, 0.05) is 66.6 Å². The van der Waals surface area contributed by atoms with E-state index in [-0.39, 0.29) is 17.7 Å². The van der Waals surface area contributed by atoms with Crippen LogP contribution in [-0.2, 0) is 10.0 Å². The number of carbonyl (C=O) groups is 1. The maximum atomic E-state index is 12.9. The van der Waals surface area contributed by atoms with Crippen LogP contribution in [0.1, 0.15) is 40.7 Å². The van der Waals surface area contributed by atoms with Gasteiger partial charge < -0.3 is 25.1 Å². The molecule has 4 aromatic rings. The lowest BCUT2D eigenvalue weighted by atomic mass is 10.1. The number of fused-ring (bicyclic) bond motifs is 1. The van der Waals surface area contributed by atoms with Crippen LogP contribution in [0.3, 0.4) is 0 Å². The van der Waals surface area contributed by atoms with Crippen LogP contribution in [0.25, 0.3) is 28.2 Å². The molecule has 3 aromatic heterocycles. The highest BCUT2D eigenvalue weighted by Gasteiger charge is 2.31. The number of hydrogen-bond donors (Lipinski definition) is 3. The highest BCUT2D eigenvalue weighted by molar-refractivity contribution is 9.10. The third-order valence-electron chi connectivity index (χ3n) is 7.97. The molecule has 1 aliphatic rings. The molecule has 1 amide bonds. The highest BCUT2D eigenvalue weighted by Crippen LogP contribution is 2.35. The van der Waals surface area contributed by atoms with E-state index in [1.807, 2.05) is 58.0 Å². The number of aromatic amines is 1. The zero-order chi connectivity index (χ0) is 31.1. The number of pyridine rings is 1. The summed E-state index contributed by atoms with van der Waals surface area (Å²) in [5.74, 6) is 0.677. The van der Waals surface area contributed by atoms with E-state index in [9.17, 15) is 13.2 Å². The third-order valence-corrected chi connectivity index (χ3v) is 10.4. The summed E-state index contributed by atoms with van der Waals surface area (Å²) in [6.45, 7) is 10.1. The number of halogens is 1. The largest absolute Gasteiger partial charge is 0.378 e. The summed E-state index contributed by atoms with van der Waals surface area (Å²) in [7, 11) is 0.721. The molecule has 1 atom stereocenters. The number of rotatable bonds is 10. The number of H-pyrrole nitrogens is 1. The van der Waals surface area contributed by atoms with E-state index in [1.54, 1.807) is 17.4 Å². The first-order valence-corrected chi connectivity index (χ1v) is 16.8. The zero-order valence-corrected chi connectivity index (χ0v) is 27.9. The number of hydrogen-bond acceptors (Lipinski definition) is 7. The van der Waals surface area contributed by atoms with Gasteiger partial charge in [0.15, 0.2) is 5.65 Å². The fraction of sp³-hybridized carbons (Fsp3) is 0.433.